The first-order valence-electron chi connectivity index (χ1n) is 6.90. The zero-order valence-corrected chi connectivity index (χ0v) is 16.0. The summed E-state index contributed by atoms with van der Waals surface area (Å²) in [5.41, 5.74) is 1.04. The summed E-state index contributed by atoms with van der Waals surface area (Å²) < 4.78 is 17.0. The monoisotopic (exact) mass is 418 g/mol. The third-order valence-electron chi connectivity index (χ3n) is 3.02. The lowest BCUT2D eigenvalue weighted by Crippen LogP contribution is -2.14. The van der Waals surface area contributed by atoms with Gasteiger partial charge in [-0.3, -0.25) is 9.00 Å². The first-order valence-corrected chi connectivity index (χ1v) is 9.36. The van der Waals surface area contributed by atoms with Crippen LogP contribution in [-0.4, -0.2) is 22.2 Å². The van der Waals surface area contributed by atoms with Gasteiger partial charge in [0.25, 0.3) is 5.91 Å². The Morgan fingerprint density at radius 3 is 2.56 bits per heavy atom. The van der Waals surface area contributed by atoms with Gasteiger partial charge in [0.05, 0.1) is 35.5 Å². The van der Waals surface area contributed by atoms with Crippen LogP contribution in [0.1, 0.15) is 5.56 Å². The summed E-state index contributed by atoms with van der Waals surface area (Å²) in [7, 11) is -0.227. The lowest BCUT2D eigenvalue weighted by atomic mass is 10.2. The minimum Gasteiger partial charge on any atom is -0.481 e. The number of methoxy groups -OCH3 is 1. The van der Waals surface area contributed by atoms with E-state index < -0.39 is 16.7 Å². The van der Waals surface area contributed by atoms with Crippen molar-refractivity contribution in [2.24, 2.45) is 0 Å². The Labute approximate surface area is 162 Å². The summed E-state index contributed by atoms with van der Waals surface area (Å²) in [4.78, 5) is 16.1. The molecule has 2 rings (SSSR count). The molecule has 5 nitrogen and oxygen atoms in total. The maximum absolute atomic E-state index is 12.3. The molecule has 0 radical (unpaired) electrons. The topological polar surface area (TPSA) is 68.3 Å². The van der Waals surface area contributed by atoms with Crippen LogP contribution >= 0.6 is 34.8 Å². The van der Waals surface area contributed by atoms with Gasteiger partial charge in [-0.25, -0.2) is 4.98 Å². The quantitative estimate of drug-likeness (QED) is 0.710. The summed E-state index contributed by atoms with van der Waals surface area (Å²) >= 11 is 18.0. The fourth-order valence-corrected chi connectivity index (χ4v) is 3.56. The highest BCUT2D eigenvalue weighted by atomic mass is 35.5. The van der Waals surface area contributed by atoms with Crippen molar-refractivity contribution < 1.29 is 13.7 Å². The number of ether oxygens (including phenoxy) is 1. The van der Waals surface area contributed by atoms with Crippen molar-refractivity contribution in [1.82, 2.24) is 4.98 Å². The Hall–Kier alpha value is -1.60. The molecule has 25 heavy (non-hydrogen) atoms. The van der Waals surface area contributed by atoms with Crippen LogP contribution in [0, 0.1) is 0 Å². The minimum atomic E-state index is -1.71. The molecule has 1 atom stereocenters. The van der Waals surface area contributed by atoms with Crippen molar-refractivity contribution in [2.75, 3.05) is 12.4 Å². The first kappa shape index (κ1) is 19.7. The molecular weight excluding hydrogens is 407 g/mol. The van der Waals surface area contributed by atoms with Gasteiger partial charge >= 0.3 is 0 Å². The molecule has 1 heterocycles. The Kier molecular flexibility index (Phi) is 7.25. The van der Waals surface area contributed by atoms with Crippen LogP contribution < -0.4 is 10.1 Å². The molecule has 0 aliphatic heterocycles. The van der Waals surface area contributed by atoms with E-state index in [2.05, 4.69) is 10.3 Å². The number of nitrogens with zero attached hydrogens (tertiary/aromatic N) is 1. The van der Waals surface area contributed by atoms with E-state index in [1.807, 2.05) is 0 Å². The molecule has 0 aliphatic carbocycles. The van der Waals surface area contributed by atoms with Crippen molar-refractivity contribution in [2.45, 2.75) is 5.75 Å². The normalized spacial score (nSPS) is 13.0. The molecule has 1 amide bonds. The van der Waals surface area contributed by atoms with Gasteiger partial charge in [-0.2, -0.15) is 0 Å². The SMILES string of the molecule is COc1ccc(NC(=O)/C(Cl)=C(/Cl)S(=O)Cc2ccccc2Cl)cn1. The van der Waals surface area contributed by atoms with Crippen LogP contribution in [0.4, 0.5) is 5.69 Å². The van der Waals surface area contributed by atoms with Crippen LogP contribution in [0.5, 0.6) is 5.88 Å². The number of aromatic nitrogens is 1. The zero-order chi connectivity index (χ0) is 18.4. The summed E-state index contributed by atoms with van der Waals surface area (Å²) in [5, 5.41) is 2.62. The molecule has 9 heteroatoms. The molecule has 1 N–H and O–H groups in total. The molecule has 1 aromatic heterocycles. The van der Waals surface area contributed by atoms with Gasteiger partial charge in [0.2, 0.25) is 5.88 Å². The molecule has 1 unspecified atom stereocenters. The number of nitrogens with one attached hydrogen (secondary N) is 1. The number of hydrogen-bond acceptors (Lipinski definition) is 4. The summed E-state index contributed by atoms with van der Waals surface area (Å²) in [6.07, 6.45) is 1.40. The van der Waals surface area contributed by atoms with Crippen molar-refractivity contribution in [3.63, 3.8) is 0 Å². The van der Waals surface area contributed by atoms with Crippen LogP contribution in [-0.2, 0) is 21.3 Å². The number of hydrogen-bond donors (Lipinski definition) is 1. The second kappa shape index (κ2) is 9.20. The molecule has 0 spiro atoms. The Balaban J connectivity index is 2.09. The fourth-order valence-electron chi connectivity index (χ4n) is 1.77. The fraction of sp³-hybridized carbons (Fsp3) is 0.125. The van der Waals surface area contributed by atoms with E-state index in [1.54, 1.807) is 36.4 Å². The second-order valence-corrected chi connectivity index (χ2v) is 7.49. The number of carbonyl (C=O) groups is 1. The predicted octanol–water partition coefficient (Wildman–Crippen LogP) is 4.28. The highest BCUT2D eigenvalue weighted by molar-refractivity contribution is 7.90. The second-order valence-electron chi connectivity index (χ2n) is 4.71. The largest absolute Gasteiger partial charge is 0.481 e. The molecule has 0 fully saturated rings. The average Bonchev–Trinajstić information content (AvgIpc) is 2.62. The maximum Gasteiger partial charge on any atom is 0.269 e. The average molecular weight is 420 g/mol. The number of carbonyl (C=O) groups excluding carboxylic acids is 1. The van der Waals surface area contributed by atoms with Gasteiger partial charge < -0.3 is 10.1 Å². The standard InChI is InChI=1S/C16H13Cl3N2O3S/c1-24-13-7-6-11(8-20-13)21-16(22)14(18)15(19)25(23)9-10-4-2-3-5-12(10)17/h2-8H,9H2,1H3,(H,21,22)/b15-14+. The van der Waals surface area contributed by atoms with Gasteiger partial charge in [0, 0.05) is 11.1 Å². The van der Waals surface area contributed by atoms with Gasteiger partial charge in [0.15, 0.2) is 0 Å². The summed E-state index contributed by atoms with van der Waals surface area (Å²) in [6.45, 7) is 0. The Morgan fingerprint density at radius 2 is 1.96 bits per heavy atom. The van der Waals surface area contributed by atoms with E-state index in [9.17, 15) is 9.00 Å². The highest BCUT2D eigenvalue weighted by Gasteiger charge is 2.18. The van der Waals surface area contributed by atoms with Crippen LogP contribution in [0.25, 0.3) is 0 Å². The highest BCUT2D eigenvalue weighted by Crippen LogP contribution is 2.25. The number of halogens is 3. The molecule has 2 aromatic rings. The van der Waals surface area contributed by atoms with E-state index in [1.165, 1.54) is 13.3 Å². The molecule has 1 aromatic carbocycles. The Bertz CT molecular complexity index is 826. The van der Waals surface area contributed by atoms with E-state index in [4.69, 9.17) is 39.5 Å². The van der Waals surface area contributed by atoms with E-state index in [-0.39, 0.29) is 15.1 Å². The maximum atomic E-state index is 12.3. The van der Waals surface area contributed by atoms with Crippen molar-refractivity contribution >= 4 is 57.2 Å². The van der Waals surface area contributed by atoms with E-state index in [0.29, 0.717) is 22.2 Å². The molecular formula is C16H13Cl3N2O3S. The number of pyridine rings is 1. The number of amides is 1. The van der Waals surface area contributed by atoms with Crippen LogP contribution in [0.15, 0.2) is 52.0 Å². The lowest BCUT2D eigenvalue weighted by molar-refractivity contribution is -0.112. The van der Waals surface area contributed by atoms with Gasteiger partial charge in [0.1, 0.15) is 9.40 Å². The van der Waals surface area contributed by atoms with E-state index >= 15 is 0 Å². The minimum absolute atomic E-state index is 0.0477. The molecule has 0 bridgehead atoms. The number of rotatable bonds is 6. The lowest BCUT2D eigenvalue weighted by Gasteiger charge is -2.07. The van der Waals surface area contributed by atoms with Crippen molar-refractivity contribution in [1.29, 1.82) is 0 Å². The third kappa shape index (κ3) is 5.44. The summed E-state index contributed by atoms with van der Waals surface area (Å²) in [6, 6.07) is 10.1. The zero-order valence-electron chi connectivity index (χ0n) is 13.0. The van der Waals surface area contributed by atoms with Gasteiger partial charge in [-0.05, 0) is 17.7 Å². The number of benzene rings is 1. The molecule has 0 saturated carbocycles. The Morgan fingerprint density at radius 1 is 1.24 bits per heavy atom. The first-order chi connectivity index (χ1) is 11.9. The molecule has 0 aliphatic rings. The van der Waals surface area contributed by atoms with Crippen LogP contribution in [0.2, 0.25) is 5.02 Å². The molecule has 132 valence electrons. The van der Waals surface area contributed by atoms with Crippen LogP contribution in [0.3, 0.4) is 0 Å². The predicted molar refractivity (Wildman–Crippen MR) is 101 cm³/mol. The third-order valence-corrected chi connectivity index (χ3v) is 5.84. The van der Waals surface area contributed by atoms with Gasteiger partial charge in [-0.1, -0.05) is 53.0 Å². The smallest absolute Gasteiger partial charge is 0.269 e. The summed E-state index contributed by atoms with van der Waals surface area (Å²) in [5.74, 6) is -0.240. The van der Waals surface area contributed by atoms with Gasteiger partial charge in [-0.15, -0.1) is 0 Å². The van der Waals surface area contributed by atoms with E-state index in [0.717, 1.165) is 0 Å². The van der Waals surface area contributed by atoms with Crippen molar-refractivity contribution in [3.8, 4) is 5.88 Å². The van der Waals surface area contributed by atoms with Crippen molar-refractivity contribution in [3.05, 3.63) is 62.6 Å². The molecule has 0 saturated heterocycles. The number of anilines is 1.